The first-order valence-electron chi connectivity index (χ1n) is 4.49. The molecule has 8 nitrogen and oxygen atoms in total. The quantitative estimate of drug-likeness (QED) is 0.450. The Labute approximate surface area is 90.4 Å². The molecule has 0 bridgehead atoms. The van der Waals surface area contributed by atoms with E-state index in [0.717, 1.165) is 4.90 Å². The topological polar surface area (TPSA) is 130 Å². The van der Waals surface area contributed by atoms with Crippen LogP contribution >= 0.6 is 0 Å². The molecule has 8 heteroatoms. The molecule has 0 radical (unpaired) electrons. The molecule has 4 N–H and O–H groups in total. The Balaban J connectivity index is 2.62. The molecular weight excluding hydrogens is 218 g/mol. The average molecular weight is 229 g/mol. The number of rotatable bonds is 3. The summed E-state index contributed by atoms with van der Waals surface area (Å²) >= 11 is 0. The first-order valence-corrected chi connectivity index (χ1v) is 4.49. The van der Waals surface area contributed by atoms with E-state index in [9.17, 15) is 19.2 Å². The van der Waals surface area contributed by atoms with Gasteiger partial charge >= 0.3 is 5.97 Å². The van der Waals surface area contributed by atoms with Crippen LogP contribution in [0.15, 0.2) is 0 Å². The molecule has 0 saturated carbocycles. The molecule has 1 aliphatic heterocycles. The Morgan fingerprint density at radius 1 is 1.38 bits per heavy atom. The summed E-state index contributed by atoms with van der Waals surface area (Å²) in [5.74, 6) is -3.14. The largest absolute Gasteiger partial charge is 0.481 e. The lowest BCUT2D eigenvalue weighted by atomic mass is 10.2. The second kappa shape index (κ2) is 4.71. The lowest BCUT2D eigenvalue weighted by Crippen LogP contribution is -2.57. The maximum absolute atomic E-state index is 11.5. The third-order valence-electron chi connectivity index (χ3n) is 1.97. The number of hydrogen-bond acceptors (Lipinski definition) is 5. The third kappa shape index (κ3) is 3.02. The van der Waals surface area contributed by atoms with Crippen molar-refractivity contribution in [2.45, 2.75) is 12.5 Å². The Morgan fingerprint density at radius 2 is 1.88 bits per heavy atom. The average Bonchev–Trinajstić information content (AvgIpc) is 2.13. The maximum atomic E-state index is 11.5. The minimum absolute atomic E-state index is 0.280. The lowest BCUT2D eigenvalue weighted by Gasteiger charge is -2.27. The normalized spacial score (nSPS) is 17.9. The van der Waals surface area contributed by atoms with Crippen molar-refractivity contribution in [3.8, 4) is 0 Å². The number of aliphatic carboxylic acids is 1. The van der Waals surface area contributed by atoms with Crippen molar-refractivity contribution in [1.82, 2.24) is 10.2 Å². The number of imide groups is 1. The van der Waals surface area contributed by atoms with Crippen LogP contribution in [0.5, 0.6) is 0 Å². The van der Waals surface area contributed by atoms with Crippen LogP contribution in [-0.4, -0.2) is 52.8 Å². The van der Waals surface area contributed by atoms with Gasteiger partial charge in [0.25, 0.3) is 0 Å². The summed E-state index contributed by atoms with van der Waals surface area (Å²) in [6.45, 7) is -0.560. The molecule has 0 aliphatic carbocycles. The van der Waals surface area contributed by atoms with Crippen LogP contribution in [0.4, 0.5) is 0 Å². The van der Waals surface area contributed by atoms with E-state index in [1.54, 1.807) is 0 Å². The molecule has 0 aromatic rings. The number of nitrogens with one attached hydrogen (secondary N) is 1. The Morgan fingerprint density at radius 3 is 2.31 bits per heavy atom. The second-order valence-electron chi connectivity index (χ2n) is 3.37. The predicted molar refractivity (Wildman–Crippen MR) is 50.0 cm³/mol. The monoisotopic (exact) mass is 229 g/mol. The van der Waals surface area contributed by atoms with E-state index in [2.05, 4.69) is 0 Å². The van der Waals surface area contributed by atoms with E-state index in [0.29, 0.717) is 0 Å². The summed E-state index contributed by atoms with van der Waals surface area (Å²) in [5, 5.41) is 10.5. The number of amides is 3. The summed E-state index contributed by atoms with van der Waals surface area (Å²) in [6.07, 6.45) is -0.537. The zero-order valence-corrected chi connectivity index (χ0v) is 8.30. The van der Waals surface area contributed by atoms with Crippen molar-refractivity contribution in [1.29, 1.82) is 0 Å². The van der Waals surface area contributed by atoms with E-state index < -0.39 is 36.2 Å². The molecule has 0 aromatic carbocycles. The highest BCUT2D eigenvalue weighted by molar-refractivity contribution is 6.03. The van der Waals surface area contributed by atoms with E-state index >= 15 is 0 Å². The van der Waals surface area contributed by atoms with Gasteiger partial charge in [-0.1, -0.05) is 0 Å². The number of piperazine rings is 1. The predicted octanol–water partition coefficient (Wildman–Crippen LogP) is -2.73. The maximum Gasteiger partial charge on any atom is 0.305 e. The van der Waals surface area contributed by atoms with Gasteiger partial charge in [0, 0.05) is 0 Å². The minimum Gasteiger partial charge on any atom is -0.481 e. The summed E-state index contributed by atoms with van der Waals surface area (Å²) < 4.78 is 0. The third-order valence-corrected chi connectivity index (χ3v) is 1.97. The van der Waals surface area contributed by atoms with Crippen LogP contribution in [-0.2, 0) is 19.2 Å². The van der Waals surface area contributed by atoms with Gasteiger partial charge in [0.1, 0.15) is 13.1 Å². The van der Waals surface area contributed by atoms with Gasteiger partial charge in [-0.25, -0.2) is 0 Å². The van der Waals surface area contributed by atoms with Gasteiger partial charge in [-0.15, -0.1) is 0 Å². The first kappa shape index (κ1) is 12.1. The molecule has 88 valence electrons. The number of carboxylic acid groups (broad SMARTS) is 1. The number of nitrogens with two attached hydrogens (primary N) is 1. The van der Waals surface area contributed by atoms with Crippen LogP contribution in [0, 0.1) is 0 Å². The molecule has 0 aromatic heterocycles. The fourth-order valence-corrected chi connectivity index (χ4v) is 1.30. The van der Waals surface area contributed by atoms with Crippen LogP contribution in [0.3, 0.4) is 0 Å². The van der Waals surface area contributed by atoms with Crippen molar-refractivity contribution < 1.29 is 24.3 Å². The molecular formula is C8H11N3O5. The van der Waals surface area contributed by atoms with E-state index in [4.69, 9.17) is 10.8 Å². The van der Waals surface area contributed by atoms with Crippen LogP contribution < -0.4 is 11.1 Å². The minimum atomic E-state index is -1.24. The highest BCUT2D eigenvalue weighted by Gasteiger charge is 2.30. The summed E-state index contributed by atoms with van der Waals surface area (Å²) in [7, 11) is 0. The Bertz CT molecular complexity index is 338. The fourth-order valence-electron chi connectivity index (χ4n) is 1.30. The van der Waals surface area contributed by atoms with Gasteiger partial charge in [-0.3, -0.25) is 24.5 Å². The summed E-state index contributed by atoms with van der Waals surface area (Å²) in [5.41, 5.74) is 5.32. The molecule has 1 fully saturated rings. The van der Waals surface area contributed by atoms with Gasteiger partial charge in [0.05, 0.1) is 12.5 Å². The number of carboxylic acids is 1. The van der Waals surface area contributed by atoms with Crippen molar-refractivity contribution in [3.63, 3.8) is 0 Å². The lowest BCUT2D eigenvalue weighted by molar-refractivity contribution is -0.147. The van der Waals surface area contributed by atoms with Gasteiger partial charge in [-0.05, 0) is 0 Å². The van der Waals surface area contributed by atoms with Crippen molar-refractivity contribution >= 4 is 23.7 Å². The van der Waals surface area contributed by atoms with Gasteiger partial charge in [0.15, 0.2) is 0 Å². The molecule has 0 spiro atoms. The van der Waals surface area contributed by atoms with Gasteiger partial charge in [0.2, 0.25) is 17.7 Å². The smallest absolute Gasteiger partial charge is 0.305 e. The zero-order valence-electron chi connectivity index (χ0n) is 8.30. The first-order chi connectivity index (χ1) is 7.40. The molecule has 3 amide bonds. The van der Waals surface area contributed by atoms with Crippen LogP contribution in [0.1, 0.15) is 6.42 Å². The van der Waals surface area contributed by atoms with E-state index in [1.165, 1.54) is 0 Å². The molecule has 1 atom stereocenters. The van der Waals surface area contributed by atoms with Gasteiger partial charge < -0.3 is 15.7 Å². The summed E-state index contributed by atoms with van der Waals surface area (Å²) in [6, 6.07) is -1.24. The Hall–Kier alpha value is -1.96. The molecule has 1 rings (SSSR count). The van der Waals surface area contributed by atoms with Crippen LogP contribution in [0.2, 0.25) is 0 Å². The van der Waals surface area contributed by atoms with Gasteiger partial charge in [-0.2, -0.15) is 0 Å². The van der Waals surface area contributed by atoms with Crippen LogP contribution in [0.25, 0.3) is 0 Å². The number of carbonyl (C=O) groups is 4. The molecule has 1 unspecified atom stereocenters. The SMILES string of the molecule is NC(CC(=O)O)C(=O)N1CC(=O)NC(=O)C1. The molecule has 16 heavy (non-hydrogen) atoms. The Kier molecular flexibility index (Phi) is 3.56. The molecule has 1 heterocycles. The number of hydrogen-bond donors (Lipinski definition) is 3. The molecule has 1 saturated heterocycles. The zero-order chi connectivity index (χ0) is 12.3. The van der Waals surface area contributed by atoms with E-state index in [1.807, 2.05) is 5.32 Å². The van der Waals surface area contributed by atoms with E-state index in [-0.39, 0.29) is 13.1 Å². The highest BCUT2D eigenvalue weighted by Crippen LogP contribution is 2.00. The highest BCUT2D eigenvalue weighted by atomic mass is 16.4. The fraction of sp³-hybridized carbons (Fsp3) is 0.500. The summed E-state index contributed by atoms with van der Waals surface area (Å²) in [4.78, 5) is 44.7. The van der Waals surface area contributed by atoms with Crippen molar-refractivity contribution in [2.75, 3.05) is 13.1 Å². The number of carbonyl (C=O) groups excluding carboxylic acids is 3. The second-order valence-corrected chi connectivity index (χ2v) is 3.37. The van der Waals surface area contributed by atoms with Crippen molar-refractivity contribution in [2.24, 2.45) is 5.73 Å². The standard InChI is InChI=1S/C8H11N3O5/c9-4(1-7(14)15)8(16)11-2-5(12)10-6(13)3-11/h4H,1-3,9H2,(H,14,15)(H,10,12,13). The van der Waals surface area contributed by atoms with Crippen molar-refractivity contribution in [3.05, 3.63) is 0 Å². The molecule has 1 aliphatic rings. The number of nitrogens with zero attached hydrogens (tertiary/aromatic N) is 1.